The molecule has 1 aromatic rings. The topological polar surface area (TPSA) is 106 Å². The lowest BCUT2D eigenvalue weighted by Crippen LogP contribution is -2.44. The standard InChI is InChI=1S/C11H17N3O4/c1-4-14(6-11(2,3)18)9(16)7-5-12-10(17)13-8(7)15/h5,18H,4,6H2,1-3H3,(H2,12,13,15,17). The summed E-state index contributed by atoms with van der Waals surface area (Å²) in [5.41, 5.74) is -2.61. The van der Waals surface area contributed by atoms with Gasteiger partial charge in [-0.25, -0.2) is 4.79 Å². The summed E-state index contributed by atoms with van der Waals surface area (Å²) in [7, 11) is 0. The third-order valence-corrected chi connectivity index (χ3v) is 2.30. The average Bonchev–Trinajstić information content (AvgIpc) is 2.24. The minimum Gasteiger partial charge on any atom is -0.389 e. The maximum Gasteiger partial charge on any atom is 0.325 e. The Morgan fingerprint density at radius 3 is 2.50 bits per heavy atom. The number of hydrogen-bond donors (Lipinski definition) is 3. The first-order valence-corrected chi connectivity index (χ1v) is 5.58. The van der Waals surface area contributed by atoms with Gasteiger partial charge in [0.15, 0.2) is 0 Å². The molecule has 1 aromatic heterocycles. The molecule has 1 heterocycles. The summed E-state index contributed by atoms with van der Waals surface area (Å²) in [4.78, 5) is 40.0. The number of aromatic nitrogens is 2. The van der Waals surface area contributed by atoms with Gasteiger partial charge in [0.05, 0.1) is 5.60 Å². The summed E-state index contributed by atoms with van der Waals surface area (Å²) < 4.78 is 0. The van der Waals surface area contributed by atoms with Crippen molar-refractivity contribution in [3.05, 3.63) is 32.6 Å². The Hall–Kier alpha value is -1.89. The predicted octanol–water partition coefficient (Wildman–Crippen LogP) is -0.704. The summed E-state index contributed by atoms with van der Waals surface area (Å²) in [6, 6.07) is 0. The molecule has 1 amide bonds. The zero-order valence-electron chi connectivity index (χ0n) is 10.6. The number of carbonyl (C=O) groups excluding carboxylic acids is 1. The van der Waals surface area contributed by atoms with Crippen LogP contribution in [0.2, 0.25) is 0 Å². The van der Waals surface area contributed by atoms with Crippen LogP contribution in [0.1, 0.15) is 31.1 Å². The Bertz CT molecular complexity index is 538. The Labute approximate surface area is 103 Å². The third kappa shape index (κ3) is 3.56. The number of aliphatic hydroxyl groups is 1. The van der Waals surface area contributed by atoms with E-state index < -0.39 is 22.8 Å². The highest BCUT2D eigenvalue weighted by atomic mass is 16.3. The number of likely N-dealkylation sites (N-methyl/N-ethyl adjacent to an activating group) is 1. The minimum atomic E-state index is -1.05. The Balaban J connectivity index is 3.04. The fourth-order valence-corrected chi connectivity index (χ4v) is 1.53. The average molecular weight is 255 g/mol. The number of H-pyrrole nitrogens is 2. The monoisotopic (exact) mass is 255 g/mol. The van der Waals surface area contributed by atoms with Gasteiger partial charge in [0.2, 0.25) is 0 Å². The van der Waals surface area contributed by atoms with E-state index in [0.29, 0.717) is 6.54 Å². The van der Waals surface area contributed by atoms with Crippen LogP contribution in [-0.4, -0.2) is 44.6 Å². The van der Waals surface area contributed by atoms with Gasteiger partial charge in [-0.3, -0.25) is 14.6 Å². The summed E-state index contributed by atoms with van der Waals surface area (Å²) in [5, 5.41) is 9.69. The summed E-state index contributed by atoms with van der Waals surface area (Å²) in [6.07, 6.45) is 1.08. The fraction of sp³-hybridized carbons (Fsp3) is 0.545. The molecule has 0 aliphatic heterocycles. The first-order chi connectivity index (χ1) is 8.24. The van der Waals surface area contributed by atoms with E-state index in [-0.39, 0.29) is 12.1 Å². The number of aromatic amines is 2. The zero-order valence-corrected chi connectivity index (χ0v) is 10.6. The second-order valence-corrected chi connectivity index (χ2v) is 4.62. The lowest BCUT2D eigenvalue weighted by atomic mass is 10.1. The first kappa shape index (κ1) is 14.2. The van der Waals surface area contributed by atoms with E-state index in [4.69, 9.17) is 0 Å². The smallest absolute Gasteiger partial charge is 0.325 e. The molecule has 0 radical (unpaired) electrons. The van der Waals surface area contributed by atoms with Crippen molar-refractivity contribution in [2.75, 3.05) is 13.1 Å². The van der Waals surface area contributed by atoms with Crippen molar-refractivity contribution in [2.24, 2.45) is 0 Å². The summed E-state index contributed by atoms with van der Waals surface area (Å²) in [6.45, 7) is 5.33. The van der Waals surface area contributed by atoms with Crippen molar-refractivity contribution in [3.8, 4) is 0 Å². The Kier molecular flexibility index (Phi) is 4.07. The molecule has 7 heteroatoms. The largest absolute Gasteiger partial charge is 0.389 e. The molecule has 18 heavy (non-hydrogen) atoms. The molecule has 0 spiro atoms. The molecule has 1 rings (SSSR count). The molecule has 0 atom stereocenters. The van der Waals surface area contributed by atoms with Gasteiger partial charge in [0, 0.05) is 19.3 Å². The maximum absolute atomic E-state index is 12.1. The molecule has 0 saturated heterocycles. The zero-order chi connectivity index (χ0) is 13.9. The SMILES string of the molecule is CCN(CC(C)(C)O)C(=O)c1c[nH]c(=O)[nH]c1=O. The van der Waals surface area contributed by atoms with Crippen LogP contribution in [0.25, 0.3) is 0 Å². The third-order valence-electron chi connectivity index (χ3n) is 2.30. The van der Waals surface area contributed by atoms with Crippen molar-refractivity contribution in [2.45, 2.75) is 26.4 Å². The molecule has 0 unspecified atom stereocenters. The Morgan fingerprint density at radius 2 is 2.06 bits per heavy atom. The molecule has 7 nitrogen and oxygen atoms in total. The van der Waals surface area contributed by atoms with E-state index in [1.807, 2.05) is 4.98 Å². The molecule has 0 aromatic carbocycles. The second kappa shape index (κ2) is 5.18. The molecular weight excluding hydrogens is 238 g/mol. The first-order valence-electron chi connectivity index (χ1n) is 5.58. The lowest BCUT2D eigenvalue weighted by molar-refractivity contribution is 0.0313. The van der Waals surface area contributed by atoms with Crippen molar-refractivity contribution >= 4 is 5.91 Å². The van der Waals surface area contributed by atoms with Crippen LogP contribution in [0.3, 0.4) is 0 Å². The van der Waals surface area contributed by atoms with Gasteiger partial charge in [-0.2, -0.15) is 0 Å². The highest BCUT2D eigenvalue weighted by Gasteiger charge is 2.23. The molecule has 0 fully saturated rings. The molecule has 3 N–H and O–H groups in total. The predicted molar refractivity (Wildman–Crippen MR) is 65.6 cm³/mol. The van der Waals surface area contributed by atoms with Gasteiger partial charge in [-0.1, -0.05) is 0 Å². The van der Waals surface area contributed by atoms with Crippen molar-refractivity contribution < 1.29 is 9.90 Å². The van der Waals surface area contributed by atoms with Crippen LogP contribution in [-0.2, 0) is 0 Å². The van der Waals surface area contributed by atoms with Crippen molar-refractivity contribution in [1.29, 1.82) is 0 Å². The summed E-state index contributed by atoms with van der Waals surface area (Å²) >= 11 is 0. The lowest BCUT2D eigenvalue weighted by Gasteiger charge is -2.27. The van der Waals surface area contributed by atoms with Crippen molar-refractivity contribution in [1.82, 2.24) is 14.9 Å². The number of carbonyl (C=O) groups is 1. The van der Waals surface area contributed by atoms with Gasteiger partial charge in [0.1, 0.15) is 5.56 Å². The molecule has 100 valence electrons. The van der Waals surface area contributed by atoms with Crippen LogP contribution in [0.15, 0.2) is 15.8 Å². The molecular formula is C11H17N3O4. The van der Waals surface area contributed by atoms with Gasteiger partial charge < -0.3 is 15.0 Å². The van der Waals surface area contributed by atoms with Crippen LogP contribution >= 0.6 is 0 Å². The number of hydrogen-bond acceptors (Lipinski definition) is 4. The highest BCUT2D eigenvalue weighted by Crippen LogP contribution is 2.07. The van der Waals surface area contributed by atoms with E-state index in [1.54, 1.807) is 20.8 Å². The van der Waals surface area contributed by atoms with E-state index >= 15 is 0 Å². The number of nitrogens with zero attached hydrogens (tertiary/aromatic N) is 1. The Morgan fingerprint density at radius 1 is 1.44 bits per heavy atom. The van der Waals surface area contributed by atoms with Crippen LogP contribution in [0.4, 0.5) is 0 Å². The number of amides is 1. The molecule has 0 bridgehead atoms. The van der Waals surface area contributed by atoms with Crippen LogP contribution in [0, 0.1) is 0 Å². The van der Waals surface area contributed by atoms with Crippen LogP contribution in [0.5, 0.6) is 0 Å². The fourth-order valence-electron chi connectivity index (χ4n) is 1.53. The van der Waals surface area contributed by atoms with Gasteiger partial charge in [-0.15, -0.1) is 0 Å². The second-order valence-electron chi connectivity index (χ2n) is 4.62. The van der Waals surface area contributed by atoms with Gasteiger partial charge in [0.25, 0.3) is 11.5 Å². The summed E-state index contributed by atoms with van der Waals surface area (Å²) in [5.74, 6) is -0.530. The minimum absolute atomic E-state index is 0.0981. The highest BCUT2D eigenvalue weighted by molar-refractivity contribution is 5.93. The molecule has 0 aliphatic carbocycles. The normalized spacial score (nSPS) is 11.3. The molecule has 0 saturated carbocycles. The molecule has 0 aliphatic rings. The quantitative estimate of drug-likeness (QED) is 0.661. The van der Waals surface area contributed by atoms with Gasteiger partial charge >= 0.3 is 5.69 Å². The maximum atomic E-state index is 12.1. The van der Waals surface area contributed by atoms with Gasteiger partial charge in [-0.05, 0) is 20.8 Å². The number of nitrogens with one attached hydrogen (secondary N) is 2. The van der Waals surface area contributed by atoms with E-state index in [1.165, 1.54) is 4.90 Å². The van der Waals surface area contributed by atoms with E-state index in [0.717, 1.165) is 6.20 Å². The number of rotatable bonds is 4. The van der Waals surface area contributed by atoms with Crippen LogP contribution < -0.4 is 11.2 Å². The van der Waals surface area contributed by atoms with E-state index in [9.17, 15) is 19.5 Å². The van der Waals surface area contributed by atoms with E-state index in [2.05, 4.69) is 4.98 Å². The van der Waals surface area contributed by atoms with Crippen molar-refractivity contribution in [3.63, 3.8) is 0 Å².